The first-order valence-corrected chi connectivity index (χ1v) is 20.0. The number of hydrogen-bond donors (Lipinski definition) is 4. The monoisotopic (exact) mass is 807 g/mol. The lowest BCUT2D eigenvalue weighted by atomic mass is 10.1. The molecule has 0 bridgehead atoms. The van der Waals surface area contributed by atoms with Gasteiger partial charge in [-0.2, -0.15) is 0 Å². The average Bonchev–Trinajstić information content (AvgIpc) is 3.25. The van der Waals surface area contributed by atoms with Gasteiger partial charge in [0, 0.05) is 69.7 Å². The summed E-state index contributed by atoms with van der Waals surface area (Å²) in [6.45, 7) is 7.52. The number of amides is 3. The number of carbonyl (C=O) groups excluding carboxylic acids is 3. The quantitative estimate of drug-likeness (QED) is 0.0752. The van der Waals surface area contributed by atoms with E-state index >= 15 is 0 Å². The van der Waals surface area contributed by atoms with E-state index in [0.29, 0.717) is 48.1 Å². The molecule has 312 valence electrons. The fourth-order valence-electron chi connectivity index (χ4n) is 6.88. The standard InChI is InChI=1S/C44H53N7O8/c1-4-35(5-2)51(25-24-49(3)39(52)20-21-40(53)54)28-30-10-9-11-31(26-30)42(55)47-37-18-19-38(50-22-7-6-8-23-50)48-41(37)43(56)46-33-14-16-36(17-15-33)59-29-34-13-12-32(27-45-34)44(57)58/h9-19,26-27,35H,4-8,20-25,28-29H2,1-3H3,(H,46,56)(H,47,55)(H,53,54)(H,57,58). The van der Waals surface area contributed by atoms with E-state index in [4.69, 9.17) is 19.9 Å². The van der Waals surface area contributed by atoms with E-state index < -0.39 is 23.8 Å². The number of benzene rings is 2. The minimum atomic E-state index is -1.06. The zero-order valence-corrected chi connectivity index (χ0v) is 33.9. The van der Waals surface area contributed by atoms with E-state index in [0.717, 1.165) is 50.8 Å². The second-order valence-electron chi connectivity index (χ2n) is 14.5. The van der Waals surface area contributed by atoms with Crippen LogP contribution in [0, 0.1) is 0 Å². The molecule has 3 heterocycles. The Labute approximate surface area is 344 Å². The molecule has 4 N–H and O–H groups in total. The molecule has 0 aliphatic carbocycles. The first-order chi connectivity index (χ1) is 28.4. The van der Waals surface area contributed by atoms with Gasteiger partial charge in [0.2, 0.25) is 5.91 Å². The van der Waals surface area contributed by atoms with Gasteiger partial charge in [-0.15, -0.1) is 0 Å². The first-order valence-electron chi connectivity index (χ1n) is 20.0. The highest BCUT2D eigenvalue weighted by Crippen LogP contribution is 2.25. The van der Waals surface area contributed by atoms with Gasteiger partial charge in [-0.3, -0.25) is 29.1 Å². The number of aromatic nitrogens is 2. The molecule has 0 spiro atoms. The van der Waals surface area contributed by atoms with Crippen molar-refractivity contribution in [1.82, 2.24) is 19.8 Å². The number of likely N-dealkylation sites (N-methyl/N-ethyl adjacent to an activating group) is 1. The fraction of sp³-hybridized carbons (Fsp3) is 0.386. The Morgan fingerprint density at radius 1 is 0.831 bits per heavy atom. The molecule has 2 aromatic heterocycles. The number of hydrogen-bond acceptors (Lipinski definition) is 10. The number of aromatic carboxylic acids is 1. The predicted molar refractivity (Wildman–Crippen MR) is 224 cm³/mol. The van der Waals surface area contributed by atoms with Gasteiger partial charge < -0.3 is 35.4 Å². The van der Waals surface area contributed by atoms with Crippen molar-refractivity contribution in [3.8, 4) is 5.75 Å². The van der Waals surface area contributed by atoms with Crippen molar-refractivity contribution < 1.29 is 38.9 Å². The molecule has 5 rings (SSSR count). The number of rotatable bonds is 20. The topological polar surface area (TPSA) is 195 Å². The van der Waals surface area contributed by atoms with Crippen molar-refractivity contribution in [2.45, 2.75) is 78.0 Å². The van der Waals surface area contributed by atoms with Gasteiger partial charge >= 0.3 is 11.9 Å². The van der Waals surface area contributed by atoms with E-state index in [1.807, 2.05) is 24.3 Å². The van der Waals surface area contributed by atoms with Gasteiger partial charge in [0.25, 0.3) is 11.8 Å². The molecule has 15 heteroatoms. The highest BCUT2D eigenvalue weighted by molar-refractivity contribution is 6.11. The van der Waals surface area contributed by atoms with Crippen LogP contribution in [-0.4, -0.2) is 98.9 Å². The van der Waals surface area contributed by atoms with Crippen LogP contribution in [0.5, 0.6) is 5.75 Å². The highest BCUT2D eigenvalue weighted by atomic mass is 16.5. The molecular weight excluding hydrogens is 755 g/mol. The summed E-state index contributed by atoms with van der Waals surface area (Å²) in [5.74, 6) is -2.02. The number of carbonyl (C=O) groups is 5. The zero-order chi connectivity index (χ0) is 42.3. The van der Waals surface area contributed by atoms with Crippen LogP contribution in [-0.2, 0) is 22.7 Å². The van der Waals surface area contributed by atoms with Crippen molar-refractivity contribution in [2.75, 3.05) is 48.8 Å². The molecule has 4 aromatic rings. The van der Waals surface area contributed by atoms with Gasteiger partial charge in [0.1, 0.15) is 18.2 Å². The Hall–Kier alpha value is -6.35. The second-order valence-corrected chi connectivity index (χ2v) is 14.5. The second kappa shape index (κ2) is 21.4. The molecule has 0 radical (unpaired) electrons. The number of carboxylic acid groups (broad SMARTS) is 2. The van der Waals surface area contributed by atoms with Crippen LogP contribution < -0.4 is 20.3 Å². The molecule has 1 saturated heterocycles. The number of carboxylic acids is 2. The number of piperidine rings is 1. The third-order valence-corrected chi connectivity index (χ3v) is 10.3. The highest BCUT2D eigenvalue weighted by Gasteiger charge is 2.22. The van der Waals surface area contributed by atoms with Crippen LogP contribution in [0.1, 0.15) is 101 Å². The van der Waals surface area contributed by atoms with Crippen molar-refractivity contribution in [2.24, 2.45) is 0 Å². The maximum absolute atomic E-state index is 13.9. The maximum atomic E-state index is 13.9. The van der Waals surface area contributed by atoms with E-state index in [1.165, 1.54) is 12.3 Å². The average molecular weight is 808 g/mol. The summed E-state index contributed by atoms with van der Waals surface area (Å²) in [4.78, 5) is 77.2. The van der Waals surface area contributed by atoms with Gasteiger partial charge in [-0.05, 0) is 98.3 Å². The first kappa shape index (κ1) is 43.8. The number of pyridine rings is 2. The number of anilines is 3. The summed E-state index contributed by atoms with van der Waals surface area (Å²) < 4.78 is 5.80. The SMILES string of the molecule is CCC(CC)N(CCN(C)C(=O)CCC(=O)O)Cc1cccc(C(=O)Nc2ccc(N3CCCCC3)nc2C(=O)Nc2ccc(OCc3ccc(C(=O)O)cn3)cc2)c1. The molecule has 3 amide bonds. The van der Waals surface area contributed by atoms with Crippen molar-refractivity contribution in [1.29, 1.82) is 0 Å². The summed E-state index contributed by atoms with van der Waals surface area (Å²) in [7, 11) is 1.68. The van der Waals surface area contributed by atoms with E-state index in [-0.39, 0.29) is 48.3 Å². The van der Waals surface area contributed by atoms with Gasteiger partial charge in [0.15, 0.2) is 5.69 Å². The van der Waals surface area contributed by atoms with Crippen LogP contribution in [0.2, 0.25) is 0 Å². The fourth-order valence-corrected chi connectivity index (χ4v) is 6.88. The van der Waals surface area contributed by atoms with Gasteiger partial charge in [-0.1, -0.05) is 26.0 Å². The summed E-state index contributed by atoms with van der Waals surface area (Å²) in [5.41, 5.74) is 2.76. The van der Waals surface area contributed by atoms with Crippen molar-refractivity contribution in [3.05, 3.63) is 107 Å². The zero-order valence-electron chi connectivity index (χ0n) is 33.9. The Balaban J connectivity index is 1.28. The van der Waals surface area contributed by atoms with Gasteiger partial charge in [0.05, 0.1) is 23.4 Å². The third kappa shape index (κ3) is 12.8. The van der Waals surface area contributed by atoms with E-state index in [2.05, 4.69) is 39.3 Å². The van der Waals surface area contributed by atoms with Crippen LogP contribution in [0.15, 0.2) is 79.0 Å². The smallest absolute Gasteiger partial charge is 0.337 e. The molecule has 15 nitrogen and oxygen atoms in total. The normalized spacial score (nSPS) is 12.6. The lowest BCUT2D eigenvalue weighted by molar-refractivity contribution is -0.140. The van der Waals surface area contributed by atoms with Crippen LogP contribution in [0.4, 0.5) is 17.2 Å². The van der Waals surface area contributed by atoms with Crippen LogP contribution >= 0.6 is 0 Å². The molecular formula is C44H53N7O8. The lowest BCUT2D eigenvalue weighted by Gasteiger charge is -2.32. The van der Waals surface area contributed by atoms with E-state index in [1.54, 1.807) is 54.4 Å². The molecule has 2 aromatic carbocycles. The Morgan fingerprint density at radius 2 is 1.58 bits per heavy atom. The molecule has 1 aliphatic heterocycles. The molecule has 1 fully saturated rings. The Morgan fingerprint density at radius 3 is 2.24 bits per heavy atom. The largest absolute Gasteiger partial charge is 0.487 e. The molecule has 0 atom stereocenters. The summed E-state index contributed by atoms with van der Waals surface area (Å²) in [6, 6.07) is 20.9. The minimum Gasteiger partial charge on any atom is -0.487 e. The van der Waals surface area contributed by atoms with Crippen LogP contribution in [0.3, 0.4) is 0 Å². The number of nitrogens with one attached hydrogen (secondary N) is 2. The van der Waals surface area contributed by atoms with E-state index in [9.17, 15) is 24.0 Å². The predicted octanol–water partition coefficient (Wildman–Crippen LogP) is 6.56. The van der Waals surface area contributed by atoms with Crippen LogP contribution in [0.25, 0.3) is 0 Å². The number of nitrogens with zero attached hydrogens (tertiary/aromatic N) is 5. The van der Waals surface area contributed by atoms with Crippen molar-refractivity contribution in [3.63, 3.8) is 0 Å². The summed E-state index contributed by atoms with van der Waals surface area (Å²) in [5, 5.41) is 23.9. The molecule has 0 unspecified atom stereocenters. The Kier molecular flexibility index (Phi) is 15.9. The number of aliphatic carboxylic acids is 1. The van der Waals surface area contributed by atoms with Crippen molar-refractivity contribution >= 4 is 46.9 Å². The molecule has 59 heavy (non-hydrogen) atoms. The third-order valence-electron chi connectivity index (χ3n) is 10.3. The maximum Gasteiger partial charge on any atom is 0.337 e. The Bertz CT molecular complexity index is 2070. The summed E-state index contributed by atoms with van der Waals surface area (Å²) in [6.07, 6.45) is 5.96. The lowest BCUT2D eigenvalue weighted by Crippen LogP contribution is -2.41. The molecule has 1 aliphatic rings. The summed E-state index contributed by atoms with van der Waals surface area (Å²) >= 11 is 0. The van der Waals surface area contributed by atoms with Gasteiger partial charge in [-0.25, -0.2) is 9.78 Å². The minimum absolute atomic E-state index is 0.0500. The number of ether oxygens (including phenoxy) is 1. The molecule has 0 saturated carbocycles.